The largest absolute Gasteiger partial charge is 0.395 e. The van der Waals surface area contributed by atoms with Crippen molar-refractivity contribution in [2.45, 2.75) is 19.9 Å². The third-order valence-corrected chi connectivity index (χ3v) is 2.16. The normalized spacial score (nSPS) is 10.5. The number of aliphatic hydroxyl groups is 1. The van der Waals surface area contributed by atoms with Crippen molar-refractivity contribution in [2.24, 2.45) is 5.73 Å². The van der Waals surface area contributed by atoms with Gasteiger partial charge in [0.2, 0.25) is 0 Å². The summed E-state index contributed by atoms with van der Waals surface area (Å²) in [5.74, 6) is 0.0198. The lowest BCUT2D eigenvalue weighted by Crippen LogP contribution is -2.34. The van der Waals surface area contributed by atoms with E-state index in [9.17, 15) is 4.79 Å². The van der Waals surface area contributed by atoms with E-state index >= 15 is 0 Å². The summed E-state index contributed by atoms with van der Waals surface area (Å²) < 4.78 is 0. The SMILES string of the molecule is CC(C)N(CCO)c1ccc(C(N)=O)nn1. The lowest BCUT2D eigenvalue weighted by Gasteiger charge is -2.26. The molecule has 1 aromatic heterocycles. The molecule has 88 valence electrons. The second-order valence-corrected chi connectivity index (χ2v) is 3.65. The molecule has 0 fully saturated rings. The zero-order valence-electron chi connectivity index (χ0n) is 9.42. The fourth-order valence-corrected chi connectivity index (χ4v) is 1.35. The second kappa shape index (κ2) is 5.41. The number of nitrogens with zero attached hydrogens (tertiary/aromatic N) is 3. The van der Waals surface area contributed by atoms with Crippen LogP contribution in [-0.2, 0) is 0 Å². The van der Waals surface area contributed by atoms with E-state index in [2.05, 4.69) is 10.2 Å². The molecule has 0 aliphatic heterocycles. The lowest BCUT2D eigenvalue weighted by atomic mass is 10.3. The maximum absolute atomic E-state index is 10.8. The van der Waals surface area contributed by atoms with Crippen LogP contribution in [0.4, 0.5) is 5.82 Å². The zero-order valence-corrected chi connectivity index (χ0v) is 9.42. The van der Waals surface area contributed by atoms with Gasteiger partial charge in [-0.2, -0.15) is 0 Å². The molecule has 1 amide bonds. The third-order valence-electron chi connectivity index (χ3n) is 2.16. The van der Waals surface area contributed by atoms with Gasteiger partial charge < -0.3 is 15.7 Å². The molecule has 0 aliphatic carbocycles. The molecule has 0 aromatic carbocycles. The van der Waals surface area contributed by atoms with Crippen LogP contribution >= 0.6 is 0 Å². The lowest BCUT2D eigenvalue weighted by molar-refractivity contribution is 0.0994. The molecule has 1 aromatic rings. The average Bonchev–Trinajstić information content (AvgIpc) is 2.25. The number of hydrogen-bond donors (Lipinski definition) is 2. The number of anilines is 1. The van der Waals surface area contributed by atoms with E-state index in [-0.39, 0.29) is 18.3 Å². The van der Waals surface area contributed by atoms with E-state index in [1.54, 1.807) is 6.07 Å². The summed E-state index contributed by atoms with van der Waals surface area (Å²) in [6.45, 7) is 4.48. The third kappa shape index (κ3) is 2.90. The van der Waals surface area contributed by atoms with Crippen molar-refractivity contribution in [3.05, 3.63) is 17.8 Å². The van der Waals surface area contributed by atoms with Gasteiger partial charge >= 0.3 is 0 Å². The van der Waals surface area contributed by atoms with Crippen LogP contribution in [0.15, 0.2) is 12.1 Å². The van der Waals surface area contributed by atoms with E-state index < -0.39 is 5.91 Å². The first kappa shape index (κ1) is 12.4. The molecule has 16 heavy (non-hydrogen) atoms. The molecule has 1 rings (SSSR count). The Balaban J connectivity index is 2.89. The summed E-state index contributed by atoms with van der Waals surface area (Å²) in [5.41, 5.74) is 5.20. The van der Waals surface area contributed by atoms with Crippen molar-refractivity contribution in [1.29, 1.82) is 0 Å². The number of rotatable bonds is 5. The average molecular weight is 224 g/mol. The Morgan fingerprint density at radius 1 is 1.50 bits per heavy atom. The molecule has 0 atom stereocenters. The van der Waals surface area contributed by atoms with Gasteiger partial charge in [-0.25, -0.2) is 0 Å². The highest BCUT2D eigenvalue weighted by atomic mass is 16.3. The Labute approximate surface area is 94.1 Å². The number of amides is 1. The number of carbonyl (C=O) groups is 1. The molecule has 6 heteroatoms. The van der Waals surface area contributed by atoms with Crippen LogP contribution in [0.25, 0.3) is 0 Å². The summed E-state index contributed by atoms with van der Waals surface area (Å²) in [7, 11) is 0. The number of primary amides is 1. The van der Waals surface area contributed by atoms with Crippen molar-refractivity contribution >= 4 is 11.7 Å². The molecule has 0 saturated heterocycles. The van der Waals surface area contributed by atoms with Crippen LogP contribution in [0.5, 0.6) is 0 Å². The van der Waals surface area contributed by atoms with Crippen molar-refractivity contribution in [3.63, 3.8) is 0 Å². The molecular formula is C10H16N4O2. The smallest absolute Gasteiger partial charge is 0.269 e. The fraction of sp³-hybridized carbons (Fsp3) is 0.500. The highest BCUT2D eigenvalue weighted by molar-refractivity contribution is 5.90. The second-order valence-electron chi connectivity index (χ2n) is 3.65. The van der Waals surface area contributed by atoms with Crippen LogP contribution in [0.3, 0.4) is 0 Å². The predicted octanol–water partition coefficient (Wildman–Crippen LogP) is -0.217. The van der Waals surface area contributed by atoms with Gasteiger partial charge in [0, 0.05) is 12.6 Å². The van der Waals surface area contributed by atoms with Crippen molar-refractivity contribution in [3.8, 4) is 0 Å². The summed E-state index contributed by atoms with van der Waals surface area (Å²) >= 11 is 0. The van der Waals surface area contributed by atoms with Gasteiger partial charge in [0.25, 0.3) is 5.91 Å². The molecule has 6 nitrogen and oxygen atoms in total. The van der Waals surface area contributed by atoms with Crippen LogP contribution in [0.1, 0.15) is 24.3 Å². The molecule has 0 aliphatic rings. The Morgan fingerprint density at radius 3 is 2.56 bits per heavy atom. The van der Waals surface area contributed by atoms with E-state index in [1.807, 2.05) is 18.7 Å². The minimum Gasteiger partial charge on any atom is -0.395 e. The van der Waals surface area contributed by atoms with Gasteiger partial charge in [0.05, 0.1) is 6.61 Å². The quantitative estimate of drug-likeness (QED) is 0.721. The van der Waals surface area contributed by atoms with E-state index in [0.29, 0.717) is 12.4 Å². The number of hydrogen-bond acceptors (Lipinski definition) is 5. The minimum atomic E-state index is -0.600. The van der Waals surface area contributed by atoms with Crippen LogP contribution < -0.4 is 10.6 Å². The number of nitrogens with two attached hydrogens (primary N) is 1. The van der Waals surface area contributed by atoms with Crippen LogP contribution in [-0.4, -0.2) is 40.4 Å². The number of aliphatic hydroxyl groups excluding tert-OH is 1. The molecular weight excluding hydrogens is 208 g/mol. The summed E-state index contributed by atoms with van der Waals surface area (Å²) in [5, 5.41) is 16.5. The highest BCUT2D eigenvalue weighted by Crippen LogP contribution is 2.12. The van der Waals surface area contributed by atoms with Gasteiger partial charge in [-0.15, -0.1) is 10.2 Å². The first-order valence-electron chi connectivity index (χ1n) is 5.07. The van der Waals surface area contributed by atoms with Gasteiger partial charge in [-0.1, -0.05) is 0 Å². The maximum atomic E-state index is 10.8. The summed E-state index contributed by atoms with van der Waals surface area (Å²) in [4.78, 5) is 12.7. The van der Waals surface area contributed by atoms with E-state index in [0.717, 1.165) is 0 Å². The Hall–Kier alpha value is -1.69. The monoisotopic (exact) mass is 224 g/mol. The van der Waals surface area contributed by atoms with Crippen molar-refractivity contribution in [2.75, 3.05) is 18.1 Å². The maximum Gasteiger partial charge on any atom is 0.269 e. The first-order valence-corrected chi connectivity index (χ1v) is 5.07. The number of carbonyl (C=O) groups excluding carboxylic acids is 1. The van der Waals surface area contributed by atoms with Gasteiger partial charge in [-0.05, 0) is 26.0 Å². The van der Waals surface area contributed by atoms with Gasteiger partial charge in [0.15, 0.2) is 11.5 Å². The highest BCUT2D eigenvalue weighted by Gasteiger charge is 2.12. The van der Waals surface area contributed by atoms with E-state index in [4.69, 9.17) is 10.8 Å². The molecule has 3 N–H and O–H groups in total. The molecule has 0 spiro atoms. The Morgan fingerprint density at radius 2 is 2.19 bits per heavy atom. The van der Waals surface area contributed by atoms with Crippen LogP contribution in [0, 0.1) is 0 Å². The summed E-state index contributed by atoms with van der Waals surface area (Å²) in [6, 6.07) is 3.39. The van der Waals surface area contributed by atoms with E-state index in [1.165, 1.54) is 6.07 Å². The van der Waals surface area contributed by atoms with Gasteiger partial charge in [0.1, 0.15) is 0 Å². The first-order chi connectivity index (χ1) is 7.56. The zero-order chi connectivity index (χ0) is 12.1. The molecule has 1 heterocycles. The Bertz CT molecular complexity index is 350. The summed E-state index contributed by atoms with van der Waals surface area (Å²) in [6.07, 6.45) is 0. The topological polar surface area (TPSA) is 92.3 Å². The predicted molar refractivity (Wildman–Crippen MR) is 60.1 cm³/mol. The molecule has 0 saturated carbocycles. The number of aromatic nitrogens is 2. The molecule has 0 bridgehead atoms. The van der Waals surface area contributed by atoms with Crippen molar-refractivity contribution in [1.82, 2.24) is 10.2 Å². The Kier molecular flexibility index (Phi) is 4.19. The van der Waals surface area contributed by atoms with Crippen LogP contribution in [0.2, 0.25) is 0 Å². The molecule has 0 radical (unpaired) electrons. The molecule has 0 unspecified atom stereocenters. The minimum absolute atomic E-state index is 0.0391. The van der Waals surface area contributed by atoms with Crippen molar-refractivity contribution < 1.29 is 9.90 Å². The fourth-order valence-electron chi connectivity index (χ4n) is 1.35. The standard InChI is InChI=1S/C10H16N4O2/c1-7(2)14(5-6-15)9-4-3-8(10(11)16)12-13-9/h3-4,7,15H,5-6H2,1-2H3,(H2,11,16). The van der Waals surface area contributed by atoms with Gasteiger partial charge in [-0.3, -0.25) is 4.79 Å².